The number of ether oxygens (including phenoxy) is 2. The number of benzene rings is 2. The third-order valence-electron chi connectivity index (χ3n) is 3.40. The molecule has 0 fully saturated rings. The van der Waals surface area contributed by atoms with E-state index in [1.54, 1.807) is 30.3 Å². The fourth-order valence-corrected chi connectivity index (χ4v) is 2.23. The number of carbonyl (C=O) groups excluding carboxylic acids is 3. The molecule has 2 aromatic rings. The molecule has 0 unspecified atom stereocenters. The summed E-state index contributed by atoms with van der Waals surface area (Å²) in [6, 6.07) is 11.0. The summed E-state index contributed by atoms with van der Waals surface area (Å²) in [5, 5.41) is 2.89. The predicted octanol–water partition coefficient (Wildman–Crippen LogP) is 3.57. The van der Waals surface area contributed by atoms with Gasteiger partial charge in [-0.3, -0.25) is 4.79 Å². The largest absolute Gasteiger partial charge is 0.465 e. The van der Waals surface area contributed by atoms with Gasteiger partial charge in [-0.1, -0.05) is 23.7 Å². The number of esters is 2. The maximum atomic E-state index is 12.1. The number of amides is 1. The highest BCUT2D eigenvalue weighted by atomic mass is 35.5. The van der Waals surface area contributed by atoms with E-state index in [9.17, 15) is 14.4 Å². The second-order valence-electron chi connectivity index (χ2n) is 5.12. The van der Waals surface area contributed by atoms with Gasteiger partial charge in [-0.05, 0) is 42.0 Å². The van der Waals surface area contributed by atoms with Crippen LogP contribution in [0.25, 0.3) is 6.08 Å². The summed E-state index contributed by atoms with van der Waals surface area (Å²) in [5.74, 6) is -1.39. The van der Waals surface area contributed by atoms with Gasteiger partial charge in [0.05, 0.1) is 36.1 Å². The number of halogens is 1. The topological polar surface area (TPSA) is 81.7 Å². The fourth-order valence-electron chi connectivity index (χ4n) is 2.06. The van der Waals surface area contributed by atoms with E-state index in [-0.39, 0.29) is 5.56 Å². The molecule has 26 heavy (non-hydrogen) atoms. The molecule has 0 aliphatic rings. The highest BCUT2D eigenvalue weighted by molar-refractivity contribution is 6.34. The number of anilines is 1. The van der Waals surface area contributed by atoms with Crippen molar-refractivity contribution in [3.63, 3.8) is 0 Å². The van der Waals surface area contributed by atoms with Crippen LogP contribution < -0.4 is 5.32 Å². The average Bonchev–Trinajstić information content (AvgIpc) is 2.67. The molecule has 0 radical (unpaired) electrons. The number of methoxy groups -OCH3 is 2. The monoisotopic (exact) mass is 373 g/mol. The van der Waals surface area contributed by atoms with Crippen LogP contribution >= 0.6 is 11.6 Å². The van der Waals surface area contributed by atoms with Crippen molar-refractivity contribution in [2.24, 2.45) is 0 Å². The summed E-state index contributed by atoms with van der Waals surface area (Å²) in [5.41, 5.74) is 1.71. The quantitative estimate of drug-likeness (QED) is 0.640. The second-order valence-corrected chi connectivity index (χ2v) is 5.53. The first kappa shape index (κ1) is 19.2. The Morgan fingerprint density at radius 1 is 0.923 bits per heavy atom. The molecule has 0 atom stereocenters. The van der Waals surface area contributed by atoms with Crippen molar-refractivity contribution in [3.05, 3.63) is 70.3 Å². The molecular weight excluding hydrogens is 358 g/mol. The van der Waals surface area contributed by atoms with Gasteiger partial charge in [-0.2, -0.15) is 0 Å². The van der Waals surface area contributed by atoms with Crippen LogP contribution in [0.4, 0.5) is 5.69 Å². The van der Waals surface area contributed by atoms with Crippen LogP contribution in [-0.4, -0.2) is 32.1 Å². The molecule has 7 heteroatoms. The molecule has 1 amide bonds. The van der Waals surface area contributed by atoms with Gasteiger partial charge < -0.3 is 14.8 Å². The van der Waals surface area contributed by atoms with Crippen LogP contribution in [0.15, 0.2) is 48.5 Å². The smallest absolute Gasteiger partial charge is 0.337 e. The average molecular weight is 374 g/mol. The Morgan fingerprint density at radius 3 is 2.12 bits per heavy atom. The number of hydrogen-bond acceptors (Lipinski definition) is 5. The van der Waals surface area contributed by atoms with E-state index >= 15 is 0 Å². The number of nitrogens with one attached hydrogen (secondary N) is 1. The van der Waals surface area contributed by atoms with E-state index in [0.717, 1.165) is 5.56 Å². The zero-order valence-electron chi connectivity index (χ0n) is 14.1. The Labute approximate surface area is 155 Å². The Balaban J connectivity index is 2.07. The number of carbonyl (C=O) groups is 3. The van der Waals surface area contributed by atoms with Crippen molar-refractivity contribution in [1.82, 2.24) is 0 Å². The van der Waals surface area contributed by atoms with Gasteiger partial charge in [0.15, 0.2) is 0 Å². The van der Waals surface area contributed by atoms with Crippen LogP contribution in [0.1, 0.15) is 26.3 Å². The van der Waals surface area contributed by atoms with Crippen LogP contribution in [0.5, 0.6) is 0 Å². The van der Waals surface area contributed by atoms with E-state index < -0.39 is 17.8 Å². The molecule has 0 aromatic heterocycles. The normalized spacial score (nSPS) is 10.4. The minimum absolute atomic E-state index is 0.273. The maximum Gasteiger partial charge on any atom is 0.337 e. The molecule has 2 aromatic carbocycles. The third-order valence-corrected chi connectivity index (χ3v) is 3.73. The van der Waals surface area contributed by atoms with Gasteiger partial charge in [-0.15, -0.1) is 0 Å². The van der Waals surface area contributed by atoms with Gasteiger partial charge in [-0.25, -0.2) is 9.59 Å². The summed E-state index contributed by atoms with van der Waals surface area (Å²) in [6.45, 7) is 0. The fraction of sp³-hybridized carbons (Fsp3) is 0.105. The van der Waals surface area contributed by atoms with E-state index in [0.29, 0.717) is 16.3 Å². The van der Waals surface area contributed by atoms with Gasteiger partial charge >= 0.3 is 11.9 Å². The first-order valence-corrected chi connectivity index (χ1v) is 7.87. The maximum absolute atomic E-state index is 12.1. The highest BCUT2D eigenvalue weighted by Crippen LogP contribution is 2.23. The van der Waals surface area contributed by atoms with Crippen LogP contribution in [-0.2, 0) is 14.3 Å². The molecular formula is C19H16ClNO5. The van der Waals surface area contributed by atoms with Crippen molar-refractivity contribution in [1.29, 1.82) is 0 Å². The van der Waals surface area contributed by atoms with Crippen molar-refractivity contribution in [2.75, 3.05) is 19.5 Å². The lowest BCUT2D eigenvalue weighted by molar-refractivity contribution is -0.111. The van der Waals surface area contributed by atoms with E-state index in [1.165, 1.54) is 38.5 Å². The summed E-state index contributed by atoms with van der Waals surface area (Å²) in [6.07, 6.45) is 2.89. The summed E-state index contributed by atoms with van der Waals surface area (Å²) < 4.78 is 9.25. The summed E-state index contributed by atoms with van der Waals surface area (Å²) >= 11 is 6.03. The SMILES string of the molecule is COC(=O)c1ccc(/C=C/C(=O)Nc2cc(C(=O)OC)ccc2Cl)cc1. The molecule has 1 N–H and O–H groups in total. The molecule has 0 saturated heterocycles. The van der Waals surface area contributed by atoms with E-state index in [1.807, 2.05) is 0 Å². The zero-order valence-corrected chi connectivity index (χ0v) is 14.9. The Morgan fingerprint density at radius 2 is 1.50 bits per heavy atom. The zero-order chi connectivity index (χ0) is 19.1. The number of hydrogen-bond donors (Lipinski definition) is 1. The lowest BCUT2D eigenvalue weighted by Crippen LogP contribution is -2.10. The molecule has 0 aliphatic carbocycles. The molecule has 6 nitrogen and oxygen atoms in total. The summed E-state index contributed by atoms with van der Waals surface area (Å²) in [7, 11) is 2.57. The van der Waals surface area contributed by atoms with Crippen molar-refractivity contribution < 1.29 is 23.9 Å². The first-order chi connectivity index (χ1) is 12.4. The van der Waals surface area contributed by atoms with Crippen LogP contribution in [0.3, 0.4) is 0 Å². The minimum Gasteiger partial charge on any atom is -0.465 e. The molecule has 0 spiro atoms. The van der Waals surface area contributed by atoms with Crippen molar-refractivity contribution in [2.45, 2.75) is 0 Å². The molecule has 0 saturated carbocycles. The Kier molecular flexibility index (Phi) is 6.52. The van der Waals surface area contributed by atoms with Crippen LogP contribution in [0.2, 0.25) is 5.02 Å². The second kappa shape index (κ2) is 8.82. The molecule has 2 rings (SSSR count). The molecule has 0 heterocycles. The number of rotatable bonds is 5. The van der Waals surface area contributed by atoms with Crippen molar-refractivity contribution >= 4 is 41.2 Å². The standard InChI is InChI=1S/C19H16ClNO5/c1-25-18(23)13-6-3-12(4-7-13)5-10-17(22)21-16-11-14(19(24)26-2)8-9-15(16)20/h3-11H,1-2H3,(H,21,22)/b10-5+. The van der Waals surface area contributed by atoms with Crippen LogP contribution in [0, 0.1) is 0 Å². The van der Waals surface area contributed by atoms with Gasteiger partial charge in [0, 0.05) is 6.08 Å². The summed E-state index contributed by atoms with van der Waals surface area (Å²) in [4.78, 5) is 35.0. The minimum atomic E-state index is -0.529. The Hall–Kier alpha value is -3.12. The predicted molar refractivity (Wildman–Crippen MR) is 98.2 cm³/mol. The van der Waals surface area contributed by atoms with Gasteiger partial charge in [0.25, 0.3) is 0 Å². The molecule has 134 valence electrons. The molecule has 0 aliphatic heterocycles. The van der Waals surface area contributed by atoms with Gasteiger partial charge in [0.2, 0.25) is 5.91 Å². The lowest BCUT2D eigenvalue weighted by Gasteiger charge is -2.07. The lowest BCUT2D eigenvalue weighted by atomic mass is 10.1. The highest BCUT2D eigenvalue weighted by Gasteiger charge is 2.10. The van der Waals surface area contributed by atoms with E-state index in [4.69, 9.17) is 11.6 Å². The molecule has 0 bridgehead atoms. The Bertz CT molecular complexity index is 859. The van der Waals surface area contributed by atoms with Gasteiger partial charge in [0.1, 0.15) is 0 Å². The first-order valence-electron chi connectivity index (χ1n) is 7.50. The van der Waals surface area contributed by atoms with Crippen molar-refractivity contribution in [3.8, 4) is 0 Å². The third kappa shape index (κ3) is 4.94. The van der Waals surface area contributed by atoms with E-state index in [2.05, 4.69) is 14.8 Å².